The zero-order valence-corrected chi connectivity index (χ0v) is 8.56. The summed E-state index contributed by atoms with van der Waals surface area (Å²) in [5.74, 6) is -0.264. The molecule has 0 aromatic carbocycles. The molecule has 13 heavy (non-hydrogen) atoms. The molecule has 0 bridgehead atoms. The molecule has 3 nitrogen and oxygen atoms in total. The third-order valence-corrected chi connectivity index (χ3v) is 3.00. The summed E-state index contributed by atoms with van der Waals surface area (Å²) in [5, 5.41) is 1.97. The summed E-state index contributed by atoms with van der Waals surface area (Å²) < 4.78 is 4.54. The molecule has 0 aliphatic carbocycles. The summed E-state index contributed by atoms with van der Waals surface area (Å²) in [6, 6.07) is 1.77. The Hall–Kier alpha value is -0.870. The third kappa shape index (κ3) is 2.54. The molecule has 0 amide bonds. The van der Waals surface area contributed by atoms with Gasteiger partial charge < -0.3 is 10.5 Å². The molecule has 72 valence electrons. The van der Waals surface area contributed by atoms with Crippen LogP contribution in [0, 0.1) is 6.92 Å². The molecule has 0 saturated carbocycles. The molecular weight excluding hydrogens is 186 g/mol. The van der Waals surface area contributed by atoms with Crippen LogP contribution >= 0.6 is 11.3 Å². The van der Waals surface area contributed by atoms with Crippen LogP contribution in [0.1, 0.15) is 22.9 Å². The first-order chi connectivity index (χ1) is 6.15. The molecule has 1 aromatic heterocycles. The molecule has 0 aliphatic heterocycles. The zero-order chi connectivity index (χ0) is 9.84. The van der Waals surface area contributed by atoms with Crippen molar-refractivity contribution in [2.45, 2.75) is 19.4 Å². The summed E-state index contributed by atoms with van der Waals surface area (Å²) in [5.41, 5.74) is 6.97. The number of esters is 1. The fraction of sp³-hybridized carbons (Fsp3) is 0.444. The molecule has 0 aliphatic rings. The molecule has 4 heteroatoms. The van der Waals surface area contributed by atoms with E-state index >= 15 is 0 Å². The second-order valence-corrected chi connectivity index (χ2v) is 3.80. The number of methoxy groups -OCH3 is 1. The quantitative estimate of drug-likeness (QED) is 0.752. The zero-order valence-electron chi connectivity index (χ0n) is 7.74. The van der Waals surface area contributed by atoms with Gasteiger partial charge in [-0.1, -0.05) is 0 Å². The van der Waals surface area contributed by atoms with Crippen LogP contribution < -0.4 is 5.73 Å². The predicted molar refractivity (Wildman–Crippen MR) is 52.6 cm³/mol. The van der Waals surface area contributed by atoms with E-state index in [-0.39, 0.29) is 18.4 Å². The number of rotatable bonds is 3. The third-order valence-electron chi connectivity index (χ3n) is 1.85. The fourth-order valence-electron chi connectivity index (χ4n) is 1.12. The largest absolute Gasteiger partial charge is 0.469 e. The van der Waals surface area contributed by atoms with Crippen molar-refractivity contribution in [3.63, 3.8) is 0 Å². The summed E-state index contributed by atoms with van der Waals surface area (Å²) in [6.07, 6.45) is 0.248. The number of hydrogen-bond acceptors (Lipinski definition) is 4. The van der Waals surface area contributed by atoms with Gasteiger partial charge in [-0.3, -0.25) is 4.79 Å². The summed E-state index contributed by atoms with van der Waals surface area (Å²) in [4.78, 5) is 12.0. The van der Waals surface area contributed by atoms with E-state index in [1.165, 1.54) is 7.11 Å². The lowest BCUT2D eigenvalue weighted by molar-refractivity contribution is -0.141. The van der Waals surface area contributed by atoms with E-state index in [0.29, 0.717) is 0 Å². The van der Waals surface area contributed by atoms with Gasteiger partial charge in [0.1, 0.15) is 0 Å². The Bertz CT molecular complexity index is 296. The lowest BCUT2D eigenvalue weighted by atomic mass is 10.1. The highest BCUT2D eigenvalue weighted by molar-refractivity contribution is 7.10. The molecule has 0 unspecified atom stereocenters. The van der Waals surface area contributed by atoms with Crippen molar-refractivity contribution in [3.05, 3.63) is 21.9 Å². The standard InChI is InChI=1S/C9H13NO2S/c1-6-3-4-13-9(6)7(10)5-8(11)12-2/h3-4,7H,5,10H2,1-2H3/t7-/m1/s1. The Kier molecular flexibility index (Phi) is 3.45. The molecule has 1 heterocycles. The number of nitrogens with two attached hydrogens (primary N) is 1. The molecular formula is C9H13NO2S. The smallest absolute Gasteiger partial charge is 0.307 e. The minimum absolute atomic E-state index is 0.229. The molecule has 0 spiro atoms. The van der Waals surface area contributed by atoms with E-state index in [2.05, 4.69) is 4.74 Å². The second-order valence-electron chi connectivity index (χ2n) is 2.85. The van der Waals surface area contributed by atoms with Crippen LogP contribution in [0.5, 0.6) is 0 Å². The van der Waals surface area contributed by atoms with Gasteiger partial charge in [-0.25, -0.2) is 0 Å². The van der Waals surface area contributed by atoms with Gasteiger partial charge in [-0.15, -0.1) is 11.3 Å². The van der Waals surface area contributed by atoms with E-state index in [1.807, 2.05) is 18.4 Å². The number of hydrogen-bond donors (Lipinski definition) is 1. The fourth-order valence-corrected chi connectivity index (χ4v) is 2.05. The van der Waals surface area contributed by atoms with Crippen LogP contribution in [0.15, 0.2) is 11.4 Å². The topological polar surface area (TPSA) is 52.3 Å². The van der Waals surface area contributed by atoms with Crippen LogP contribution in [0.4, 0.5) is 0 Å². The first-order valence-electron chi connectivity index (χ1n) is 4.01. The number of ether oxygens (including phenoxy) is 1. The van der Waals surface area contributed by atoms with Gasteiger partial charge in [0.25, 0.3) is 0 Å². The second kappa shape index (κ2) is 4.39. The van der Waals surface area contributed by atoms with Gasteiger partial charge in [-0.2, -0.15) is 0 Å². The first-order valence-corrected chi connectivity index (χ1v) is 4.89. The number of aryl methyl sites for hydroxylation is 1. The lowest BCUT2D eigenvalue weighted by Gasteiger charge is -2.08. The molecule has 1 rings (SSSR count). The van der Waals surface area contributed by atoms with E-state index in [0.717, 1.165) is 10.4 Å². The molecule has 0 radical (unpaired) electrons. The maximum absolute atomic E-state index is 10.9. The van der Waals surface area contributed by atoms with Crippen molar-refractivity contribution in [3.8, 4) is 0 Å². The molecule has 1 aromatic rings. The summed E-state index contributed by atoms with van der Waals surface area (Å²) >= 11 is 1.58. The van der Waals surface area contributed by atoms with Crippen LogP contribution in [-0.4, -0.2) is 13.1 Å². The van der Waals surface area contributed by atoms with Crippen LogP contribution in [0.3, 0.4) is 0 Å². The first kappa shape index (κ1) is 10.2. The van der Waals surface area contributed by atoms with E-state index in [9.17, 15) is 4.79 Å². The van der Waals surface area contributed by atoms with Crippen molar-refractivity contribution in [1.29, 1.82) is 0 Å². The van der Waals surface area contributed by atoms with Gasteiger partial charge >= 0.3 is 5.97 Å². The van der Waals surface area contributed by atoms with Gasteiger partial charge in [0.2, 0.25) is 0 Å². The molecule has 2 N–H and O–H groups in total. The van der Waals surface area contributed by atoms with Gasteiger partial charge in [0.15, 0.2) is 0 Å². The van der Waals surface area contributed by atoms with E-state index in [1.54, 1.807) is 11.3 Å². The van der Waals surface area contributed by atoms with Crippen molar-refractivity contribution in [2.75, 3.05) is 7.11 Å². The summed E-state index contributed by atoms with van der Waals surface area (Å²) in [7, 11) is 1.37. The molecule has 0 fully saturated rings. The van der Waals surface area contributed by atoms with Crippen molar-refractivity contribution < 1.29 is 9.53 Å². The van der Waals surface area contributed by atoms with Crippen LogP contribution in [0.2, 0.25) is 0 Å². The Balaban J connectivity index is 2.63. The monoisotopic (exact) mass is 199 g/mol. The maximum Gasteiger partial charge on any atom is 0.307 e. The number of carbonyl (C=O) groups excluding carboxylic acids is 1. The average molecular weight is 199 g/mol. The van der Waals surface area contributed by atoms with Gasteiger partial charge in [0.05, 0.1) is 13.5 Å². The number of carbonyl (C=O) groups is 1. The van der Waals surface area contributed by atoms with Crippen molar-refractivity contribution in [2.24, 2.45) is 5.73 Å². The highest BCUT2D eigenvalue weighted by Crippen LogP contribution is 2.24. The highest BCUT2D eigenvalue weighted by atomic mass is 32.1. The summed E-state index contributed by atoms with van der Waals surface area (Å²) in [6.45, 7) is 1.99. The number of thiophene rings is 1. The van der Waals surface area contributed by atoms with E-state index in [4.69, 9.17) is 5.73 Å². The minimum Gasteiger partial charge on any atom is -0.469 e. The Morgan fingerprint density at radius 2 is 2.46 bits per heavy atom. The Labute approximate surface area is 81.5 Å². The lowest BCUT2D eigenvalue weighted by Crippen LogP contribution is -2.15. The van der Waals surface area contributed by atoms with Gasteiger partial charge in [-0.05, 0) is 23.9 Å². The SMILES string of the molecule is COC(=O)C[C@@H](N)c1sccc1C. The molecule has 0 saturated heterocycles. The van der Waals surface area contributed by atoms with E-state index < -0.39 is 0 Å². The Morgan fingerprint density at radius 3 is 2.92 bits per heavy atom. The van der Waals surface area contributed by atoms with Crippen LogP contribution in [-0.2, 0) is 9.53 Å². The predicted octanol–water partition coefficient (Wildman–Crippen LogP) is 1.62. The van der Waals surface area contributed by atoms with Crippen molar-refractivity contribution in [1.82, 2.24) is 0 Å². The van der Waals surface area contributed by atoms with Crippen molar-refractivity contribution >= 4 is 17.3 Å². The van der Waals surface area contributed by atoms with Crippen LogP contribution in [0.25, 0.3) is 0 Å². The average Bonchev–Trinajstić information content (AvgIpc) is 2.51. The highest BCUT2D eigenvalue weighted by Gasteiger charge is 2.14. The normalized spacial score (nSPS) is 12.5. The van der Waals surface area contributed by atoms with Gasteiger partial charge in [0, 0.05) is 10.9 Å². The Morgan fingerprint density at radius 1 is 1.77 bits per heavy atom. The molecule has 1 atom stereocenters. The minimum atomic E-state index is -0.264. The maximum atomic E-state index is 10.9.